The molecule has 2 aromatic rings. The molecule has 0 radical (unpaired) electrons. The maximum atomic E-state index is 6.03. The Balaban J connectivity index is 2.71. The van der Waals surface area contributed by atoms with E-state index in [2.05, 4.69) is 65.8 Å². The number of aryl methyl sites for hydroxylation is 4. The third-order valence-corrected chi connectivity index (χ3v) is 7.21. The molecule has 4 nitrogen and oxygen atoms in total. The monoisotopic (exact) mass is 404 g/mol. The summed E-state index contributed by atoms with van der Waals surface area (Å²) in [7, 11) is 2.59. The Morgan fingerprint density at radius 3 is 1.43 bits per heavy atom. The minimum Gasteiger partial charge on any atom is -0.467 e. The van der Waals surface area contributed by atoms with Gasteiger partial charge in [-0.2, -0.15) is 0 Å². The molecule has 0 N–H and O–H groups in total. The molecule has 0 aliphatic heterocycles. The quantitative estimate of drug-likeness (QED) is 0.447. The predicted molar refractivity (Wildman–Crippen MR) is 118 cm³/mol. The van der Waals surface area contributed by atoms with Crippen LogP contribution in [0.25, 0.3) is 0 Å². The van der Waals surface area contributed by atoms with Crippen LogP contribution in [0.4, 0.5) is 0 Å². The van der Waals surface area contributed by atoms with Crippen molar-refractivity contribution in [2.24, 2.45) is 0 Å². The first-order valence-corrected chi connectivity index (χ1v) is 11.0. The fraction of sp³-hybridized carbons (Fsp3) is 0.478. The molecule has 2 rings (SSSR count). The van der Waals surface area contributed by atoms with Crippen molar-refractivity contribution in [2.75, 3.05) is 27.8 Å². The van der Waals surface area contributed by atoms with Gasteiger partial charge in [-0.05, 0) is 75.7 Å². The summed E-state index contributed by atoms with van der Waals surface area (Å²) >= 11 is 0. The lowest BCUT2D eigenvalue weighted by atomic mass is 10.1. The fourth-order valence-electron chi connectivity index (χ4n) is 3.52. The Hall–Kier alpha value is -1.61. The van der Waals surface area contributed by atoms with E-state index in [1.165, 1.54) is 21.7 Å². The van der Waals surface area contributed by atoms with Crippen LogP contribution in [-0.2, 0) is 9.47 Å². The Labute approximate surface area is 170 Å². The minimum absolute atomic E-state index is 0.234. The lowest BCUT2D eigenvalue weighted by molar-refractivity contribution is 0.0513. The van der Waals surface area contributed by atoms with E-state index in [0.29, 0.717) is 5.66 Å². The van der Waals surface area contributed by atoms with Crippen molar-refractivity contribution in [3.63, 3.8) is 0 Å². The molecular weight excluding hydrogens is 371 g/mol. The molecule has 0 fully saturated rings. The van der Waals surface area contributed by atoms with E-state index in [1.807, 2.05) is 0 Å². The third-order valence-electron chi connectivity index (χ3n) is 4.48. The summed E-state index contributed by atoms with van der Waals surface area (Å²) in [6, 6.07) is 8.82. The zero-order valence-corrected chi connectivity index (χ0v) is 19.3. The van der Waals surface area contributed by atoms with E-state index in [0.717, 1.165) is 22.6 Å². The summed E-state index contributed by atoms with van der Waals surface area (Å²) in [6.07, 6.45) is 0. The lowest BCUT2D eigenvalue weighted by Gasteiger charge is -2.29. The van der Waals surface area contributed by atoms with E-state index in [9.17, 15) is 0 Å². The minimum atomic E-state index is -0.710. The van der Waals surface area contributed by atoms with Crippen LogP contribution in [-0.4, -0.2) is 33.5 Å². The van der Waals surface area contributed by atoms with Gasteiger partial charge in [0.1, 0.15) is 11.5 Å². The number of ether oxygens (including phenoxy) is 4. The number of rotatable bonds is 9. The highest BCUT2D eigenvalue weighted by atomic mass is 31.1. The topological polar surface area (TPSA) is 36.9 Å². The zero-order valence-electron chi connectivity index (χ0n) is 18.4. The third kappa shape index (κ3) is 5.26. The molecule has 0 saturated carbocycles. The average molecular weight is 404 g/mol. The Bertz CT molecular complexity index is 738. The molecule has 0 aliphatic rings. The van der Waals surface area contributed by atoms with Crippen molar-refractivity contribution in [3.8, 4) is 11.5 Å². The summed E-state index contributed by atoms with van der Waals surface area (Å²) in [6.45, 7) is 13.5. The molecule has 0 amide bonds. The van der Waals surface area contributed by atoms with Crippen molar-refractivity contribution in [1.82, 2.24) is 0 Å². The molecule has 0 spiro atoms. The SMILES string of the molecule is COCOc1c(C)cc(C)cc1P(c1cc(C)cc(C)c1OCOC)C(C)C. The maximum Gasteiger partial charge on any atom is 0.188 e. The molecule has 0 aromatic heterocycles. The normalized spacial score (nSPS) is 11.4. The number of benzene rings is 2. The summed E-state index contributed by atoms with van der Waals surface area (Å²) in [5.41, 5.74) is 5.13. The molecule has 0 atom stereocenters. The second-order valence-corrected chi connectivity index (χ2v) is 10.2. The number of hydrogen-bond donors (Lipinski definition) is 0. The van der Waals surface area contributed by atoms with E-state index in [1.54, 1.807) is 14.2 Å². The molecule has 0 heterocycles. The van der Waals surface area contributed by atoms with Gasteiger partial charge in [0, 0.05) is 24.8 Å². The maximum absolute atomic E-state index is 6.03. The highest BCUT2D eigenvalue weighted by Crippen LogP contribution is 2.46. The van der Waals surface area contributed by atoms with Crippen LogP contribution < -0.4 is 20.1 Å². The van der Waals surface area contributed by atoms with Crippen molar-refractivity contribution in [2.45, 2.75) is 47.2 Å². The smallest absolute Gasteiger partial charge is 0.188 e. The Morgan fingerprint density at radius 2 is 1.11 bits per heavy atom. The van der Waals surface area contributed by atoms with Crippen LogP contribution in [0.5, 0.6) is 11.5 Å². The van der Waals surface area contributed by atoms with Crippen LogP contribution in [0.1, 0.15) is 36.1 Å². The van der Waals surface area contributed by atoms with Crippen molar-refractivity contribution in [1.29, 1.82) is 0 Å². The lowest BCUT2D eigenvalue weighted by Crippen LogP contribution is -2.24. The van der Waals surface area contributed by atoms with E-state index in [-0.39, 0.29) is 13.6 Å². The predicted octanol–water partition coefficient (Wildman–Crippen LogP) is 4.73. The van der Waals surface area contributed by atoms with Gasteiger partial charge in [-0.15, -0.1) is 0 Å². The first kappa shape index (κ1) is 22.7. The van der Waals surface area contributed by atoms with Crippen LogP contribution in [0.15, 0.2) is 24.3 Å². The zero-order chi connectivity index (χ0) is 20.8. The van der Waals surface area contributed by atoms with Crippen LogP contribution in [0, 0.1) is 27.7 Å². The van der Waals surface area contributed by atoms with Gasteiger partial charge in [0.25, 0.3) is 0 Å². The van der Waals surface area contributed by atoms with Crippen molar-refractivity contribution >= 4 is 18.5 Å². The number of hydrogen-bond acceptors (Lipinski definition) is 4. The van der Waals surface area contributed by atoms with Gasteiger partial charge >= 0.3 is 0 Å². The van der Waals surface area contributed by atoms with Crippen LogP contribution >= 0.6 is 7.92 Å². The average Bonchev–Trinajstić information content (AvgIpc) is 2.60. The Morgan fingerprint density at radius 1 is 0.714 bits per heavy atom. The first-order valence-electron chi connectivity index (χ1n) is 9.55. The van der Waals surface area contributed by atoms with Gasteiger partial charge in [0.2, 0.25) is 0 Å². The van der Waals surface area contributed by atoms with Crippen LogP contribution in [0.2, 0.25) is 0 Å². The van der Waals surface area contributed by atoms with Gasteiger partial charge in [-0.1, -0.05) is 26.0 Å². The molecule has 154 valence electrons. The second kappa shape index (κ2) is 10.2. The largest absolute Gasteiger partial charge is 0.467 e. The molecule has 0 bridgehead atoms. The van der Waals surface area contributed by atoms with E-state index >= 15 is 0 Å². The van der Waals surface area contributed by atoms with Gasteiger partial charge in [-0.3, -0.25) is 0 Å². The highest BCUT2D eigenvalue weighted by Gasteiger charge is 2.27. The van der Waals surface area contributed by atoms with Gasteiger partial charge in [-0.25, -0.2) is 0 Å². The summed E-state index contributed by atoms with van der Waals surface area (Å²) in [5, 5.41) is 2.46. The fourth-order valence-corrected chi connectivity index (χ4v) is 6.50. The van der Waals surface area contributed by atoms with Gasteiger partial charge in [0.15, 0.2) is 13.6 Å². The molecule has 2 aromatic carbocycles. The standard InChI is InChI=1S/C23H33O4P/c1-15(2)28(20-11-16(3)9-18(5)22(20)26-13-24-7)21-12-17(4)10-19(6)23(21)27-14-25-8/h9-12,15H,13-14H2,1-8H3. The second-order valence-electron chi connectivity index (χ2n) is 7.43. The van der Waals surface area contributed by atoms with Gasteiger partial charge in [0.05, 0.1) is 0 Å². The summed E-state index contributed by atoms with van der Waals surface area (Å²) < 4.78 is 22.5. The molecule has 0 unspecified atom stereocenters. The summed E-state index contributed by atoms with van der Waals surface area (Å²) in [4.78, 5) is 0. The molecule has 5 heteroatoms. The molecule has 28 heavy (non-hydrogen) atoms. The molecule has 0 saturated heterocycles. The van der Waals surface area contributed by atoms with Crippen molar-refractivity contribution in [3.05, 3.63) is 46.5 Å². The highest BCUT2D eigenvalue weighted by molar-refractivity contribution is 7.74. The summed E-state index contributed by atoms with van der Waals surface area (Å²) in [5.74, 6) is 1.84. The molecule has 0 aliphatic carbocycles. The Kier molecular flexibility index (Phi) is 8.30. The molecular formula is C23H33O4P. The van der Waals surface area contributed by atoms with Crippen molar-refractivity contribution < 1.29 is 18.9 Å². The van der Waals surface area contributed by atoms with E-state index < -0.39 is 7.92 Å². The van der Waals surface area contributed by atoms with E-state index in [4.69, 9.17) is 18.9 Å². The number of methoxy groups -OCH3 is 2. The van der Waals surface area contributed by atoms with Gasteiger partial charge < -0.3 is 18.9 Å². The first-order chi connectivity index (χ1) is 13.3. The van der Waals surface area contributed by atoms with Crippen LogP contribution in [0.3, 0.4) is 0 Å².